The number of aliphatic carboxylic acids is 1. The number of carbonyl (C=O) groups is 2. The first-order chi connectivity index (χ1) is 8.81. The number of aliphatic hydroxyl groups excluding tert-OH is 1. The SMILES string of the molecule is Cc1ccc(C(C)NC(=O)NC(C(=O)O)C(C)O)s1. The van der Waals surface area contributed by atoms with Crippen LogP contribution in [-0.2, 0) is 4.79 Å². The third-order valence-corrected chi connectivity index (χ3v) is 3.75. The number of hydrogen-bond donors (Lipinski definition) is 4. The van der Waals surface area contributed by atoms with Crippen LogP contribution in [0.3, 0.4) is 0 Å². The number of carboxylic acid groups (broad SMARTS) is 1. The van der Waals surface area contributed by atoms with E-state index in [9.17, 15) is 14.7 Å². The molecule has 4 N–H and O–H groups in total. The molecule has 0 aliphatic carbocycles. The second kappa shape index (κ2) is 6.53. The van der Waals surface area contributed by atoms with E-state index in [0.717, 1.165) is 9.75 Å². The minimum Gasteiger partial charge on any atom is -0.480 e. The highest BCUT2D eigenvalue weighted by Crippen LogP contribution is 2.22. The van der Waals surface area contributed by atoms with Crippen LogP contribution < -0.4 is 10.6 Å². The molecule has 0 bridgehead atoms. The Morgan fingerprint density at radius 1 is 1.26 bits per heavy atom. The zero-order chi connectivity index (χ0) is 14.6. The molecule has 0 saturated heterocycles. The van der Waals surface area contributed by atoms with Crippen LogP contribution in [-0.4, -0.2) is 34.4 Å². The number of aliphatic hydroxyl groups is 1. The standard InChI is InChI=1S/C12H18N2O4S/c1-6-4-5-9(19-6)7(2)13-12(18)14-10(8(3)15)11(16)17/h4-5,7-8,10,15H,1-3H3,(H,16,17)(H2,13,14,18). The molecule has 0 fully saturated rings. The van der Waals surface area contributed by atoms with Gasteiger partial charge in [-0.1, -0.05) is 0 Å². The van der Waals surface area contributed by atoms with Crippen LogP contribution in [0.15, 0.2) is 12.1 Å². The van der Waals surface area contributed by atoms with E-state index in [1.54, 1.807) is 11.3 Å². The van der Waals surface area contributed by atoms with Gasteiger partial charge in [-0.2, -0.15) is 0 Å². The highest BCUT2D eigenvalue weighted by molar-refractivity contribution is 7.12. The fraction of sp³-hybridized carbons (Fsp3) is 0.500. The number of carboxylic acids is 1. The maximum Gasteiger partial charge on any atom is 0.328 e. The van der Waals surface area contributed by atoms with Crippen LogP contribution in [0.25, 0.3) is 0 Å². The van der Waals surface area contributed by atoms with Crippen molar-refractivity contribution in [2.45, 2.75) is 39.0 Å². The molecule has 3 atom stereocenters. The molecule has 1 aromatic heterocycles. The molecule has 2 amide bonds. The summed E-state index contributed by atoms with van der Waals surface area (Å²) in [4.78, 5) is 24.6. The highest BCUT2D eigenvalue weighted by atomic mass is 32.1. The normalized spacial score (nSPS) is 15.4. The third-order valence-electron chi connectivity index (χ3n) is 2.57. The third kappa shape index (κ3) is 4.53. The molecule has 106 valence electrons. The quantitative estimate of drug-likeness (QED) is 0.654. The van der Waals surface area contributed by atoms with Crippen LogP contribution in [0, 0.1) is 6.92 Å². The monoisotopic (exact) mass is 286 g/mol. The molecule has 6 nitrogen and oxygen atoms in total. The minimum atomic E-state index is -1.32. The van der Waals surface area contributed by atoms with Gasteiger partial charge >= 0.3 is 12.0 Å². The smallest absolute Gasteiger partial charge is 0.328 e. The molecule has 3 unspecified atom stereocenters. The average Bonchev–Trinajstić information content (AvgIpc) is 2.72. The van der Waals surface area contributed by atoms with Gasteiger partial charge in [0.2, 0.25) is 0 Å². The molecule has 0 aliphatic heterocycles. The van der Waals surface area contributed by atoms with Gasteiger partial charge in [0.25, 0.3) is 0 Å². The summed E-state index contributed by atoms with van der Waals surface area (Å²) in [6.07, 6.45) is -1.16. The van der Waals surface area contributed by atoms with Gasteiger partial charge in [-0.25, -0.2) is 9.59 Å². The Labute approximate surface area is 115 Å². The summed E-state index contributed by atoms with van der Waals surface area (Å²) in [5.74, 6) is -1.27. The molecule has 0 aliphatic rings. The molecule has 0 spiro atoms. The Morgan fingerprint density at radius 3 is 2.32 bits per heavy atom. The lowest BCUT2D eigenvalue weighted by molar-refractivity contribution is -0.141. The number of carbonyl (C=O) groups excluding carboxylic acids is 1. The van der Waals surface area contributed by atoms with E-state index in [4.69, 9.17) is 5.11 Å². The van der Waals surface area contributed by atoms with Crippen molar-refractivity contribution in [3.05, 3.63) is 21.9 Å². The van der Waals surface area contributed by atoms with Crippen LogP contribution in [0.4, 0.5) is 4.79 Å². The van der Waals surface area contributed by atoms with Crippen LogP contribution in [0.5, 0.6) is 0 Å². The number of rotatable bonds is 5. The highest BCUT2D eigenvalue weighted by Gasteiger charge is 2.25. The maximum absolute atomic E-state index is 11.7. The summed E-state index contributed by atoms with van der Waals surface area (Å²) in [6, 6.07) is 1.70. The van der Waals surface area contributed by atoms with Crippen molar-refractivity contribution in [2.24, 2.45) is 0 Å². The van der Waals surface area contributed by atoms with Crippen LogP contribution >= 0.6 is 11.3 Å². The largest absolute Gasteiger partial charge is 0.480 e. The molecule has 0 saturated carbocycles. The second-order valence-electron chi connectivity index (χ2n) is 4.34. The molecule has 7 heteroatoms. The lowest BCUT2D eigenvalue weighted by atomic mass is 10.2. The van der Waals surface area contributed by atoms with Gasteiger partial charge in [0, 0.05) is 9.75 Å². The van der Waals surface area contributed by atoms with Crippen molar-refractivity contribution in [3.8, 4) is 0 Å². The molecule has 1 heterocycles. The van der Waals surface area contributed by atoms with Gasteiger partial charge in [-0.3, -0.25) is 0 Å². The lowest BCUT2D eigenvalue weighted by Crippen LogP contribution is -2.51. The van der Waals surface area contributed by atoms with Crippen molar-refractivity contribution in [3.63, 3.8) is 0 Å². The summed E-state index contributed by atoms with van der Waals surface area (Å²) in [5, 5.41) is 23.0. The molecular weight excluding hydrogens is 268 g/mol. The Bertz CT molecular complexity index is 458. The Morgan fingerprint density at radius 2 is 1.89 bits per heavy atom. The van der Waals surface area contributed by atoms with Crippen molar-refractivity contribution in [1.82, 2.24) is 10.6 Å². The first-order valence-electron chi connectivity index (χ1n) is 5.85. The number of nitrogens with one attached hydrogen (secondary N) is 2. The fourth-order valence-corrected chi connectivity index (χ4v) is 2.41. The summed E-state index contributed by atoms with van der Waals surface area (Å²) in [6.45, 7) is 5.09. The number of aryl methyl sites for hydroxylation is 1. The molecule has 19 heavy (non-hydrogen) atoms. The lowest BCUT2D eigenvalue weighted by Gasteiger charge is -2.19. The number of thiophene rings is 1. The fourth-order valence-electron chi connectivity index (χ4n) is 1.53. The van der Waals surface area contributed by atoms with E-state index in [1.165, 1.54) is 6.92 Å². The first-order valence-corrected chi connectivity index (χ1v) is 6.67. The van der Waals surface area contributed by atoms with Gasteiger partial charge in [0.05, 0.1) is 12.1 Å². The van der Waals surface area contributed by atoms with Crippen molar-refractivity contribution < 1.29 is 19.8 Å². The molecular formula is C12H18N2O4S. The van der Waals surface area contributed by atoms with Crippen LogP contribution in [0.2, 0.25) is 0 Å². The second-order valence-corrected chi connectivity index (χ2v) is 5.66. The van der Waals surface area contributed by atoms with Gasteiger partial charge < -0.3 is 20.8 Å². The van der Waals surface area contributed by atoms with E-state index in [1.807, 2.05) is 26.0 Å². The first kappa shape index (κ1) is 15.5. The molecule has 1 rings (SSSR count). The van der Waals surface area contributed by atoms with E-state index < -0.39 is 24.1 Å². The maximum atomic E-state index is 11.7. The predicted octanol–water partition coefficient (Wildman–Crippen LogP) is 1.25. The number of urea groups is 1. The molecule has 0 radical (unpaired) electrons. The zero-order valence-electron chi connectivity index (χ0n) is 11.0. The predicted molar refractivity (Wildman–Crippen MR) is 72.2 cm³/mol. The average molecular weight is 286 g/mol. The van der Waals surface area contributed by atoms with Gasteiger partial charge in [0.1, 0.15) is 0 Å². The summed E-state index contributed by atoms with van der Waals surface area (Å²) < 4.78 is 0. The Hall–Kier alpha value is -1.60. The Balaban J connectivity index is 2.57. The van der Waals surface area contributed by atoms with Crippen molar-refractivity contribution >= 4 is 23.3 Å². The number of amides is 2. The van der Waals surface area contributed by atoms with Gasteiger partial charge in [-0.15, -0.1) is 11.3 Å². The van der Waals surface area contributed by atoms with E-state index >= 15 is 0 Å². The van der Waals surface area contributed by atoms with Gasteiger partial charge in [0.15, 0.2) is 6.04 Å². The van der Waals surface area contributed by atoms with Crippen molar-refractivity contribution in [1.29, 1.82) is 0 Å². The summed E-state index contributed by atoms with van der Waals surface area (Å²) in [7, 11) is 0. The minimum absolute atomic E-state index is 0.220. The Kier molecular flexibility index (Phi) is 5.31. The topological polar surface area (TPSA) is 98.7 Å². The van der Waals surface area contributed by atoms with Crippen LogP contribution in [0.1, 0.15) is 29.6 Å². The van der Waals surface area contributed by atoms with Crippen molar-refractivity contribution in [2.75, 3.05) is 0 Å². The molecule has 1 aromatic rings. The molecule has 0 aromatic carbocycles. The van der Waals surface area contributed by atoms with E-state index in [0.29, 0.717) is 0 Å². The van der Waals surface area contributed by atoms with E-state index in [-0.39, 0.29) is 6.04 Å². The van der Waals surface area contributed by atoms with Gasteiger partial charge in [-0.05, 0) is 32.9 Å². The van der Waals surface area contributed by atoms with E-state index in [2.05, 4.69) is 10.6 Å². The summed E-state index contributed by atoms with van der Waals surface area (Å²) in [5.41, 5.74) is 0. The summed E-state index contributed by atoms with van der Waals surface area (Å²) >= 11 is 1.56. The number of hydrogen-bond acceptors (Lipinski definition) is 4. The zero-order valence-corrected chi connectivity index (χ0v) is 11.8.